The van der Waals surface area contributed by atoms with Gasteiger partial charge in [0.1, 0.15) is 5.75 Å². The molecule has 2 N–H and O–H groups in total. The van der Waals surface area contributed by atoms with Crippen molar-refractivity contribution in [1.82, 2.24) is 5.43 Å². The Balaban J connectivity index is 1.89. The number of methoxy groups -OCH3 is 1. The van der Waals surface area contributed by atoms with E-state index >= 15 is 0 Å². The summed E-state index contributed by atoms with van der Waals surface area (Å²) >= 11 is 0. The number of anilines is 1. The van der Waals surface area contributed by atoms with Crippen molar-refractivity contribution in [2.24, 2.45) is 5.10 Å². The van der Waals surface area contributed by atoms with Crippen LogP contribution >= 0.6 is 0 Å². The monoisotopic (exact) mass is 311 g/mol. The number of aryl methyl sites for hydroxylation is 1. The van der Waals surface area contributed by atoms with Crippen LogP contribution in [-0.4, -0.2) is 25.1 Å². The van der Waals surface area contributed by atoms with Crippen molar-refractivity contribution in [3.05, 3.63) is 59.7 Å². The zero-order valence-electron chi connectivity index (χ0n) is 12.9. The Morgan fingerprint density at radius 3 is 2.52 bits per heavy atom. The van der Waals surface area contributed by atoms with Gasteiger partial charge in [0.05, 0.1) is 13.3 Å². The quantitative estimate of drug-likeness (QED) is 0.515. The molecule has 0 bridgehead atoms. The summed E-state index contributed by atoms with van der Waals surface area (Å²) in [4.78, 5) is 23.4. The third-order valence-electron chi connectivity index (χ3n) is 2.99. The molecule has 0 atom stereocenters. The average Bonchev–Trinajstić information content (AvgIpc) is 2.57. The molecule has 0 aromatic heterocycles. The predicted molar refractivity (Wildman–Crippen MR) is 88.5 cm³/mol. The topological polar surface area (TPSA) is 79.8 Å². The molecule has 0 aliphatic heterocycles. The van der Waals surface area contributed by atoms with Gasteiger partial charge in [-0.25, -0.2) is 5.43 Å². The second-order valence-electron chi connectivity index (χ2n) is 4.80. The predicted octanol–water partition coefficient (Wildman–Crippen LogP) is 2.09. The van der Waals surface area contributed by atoms with E-state index in [1.165, 1.54) is 6.21 Å². The third-order valence-corrected chi connectivity index (χ3v) is 2.99. The lowest BCUT2D eigenvalue weighted by Gasteiger charge is -2.04. The van der Waals surface area contributed by atoms with Crippen LogP contribution in [0, 0.1) is 6.92 Å². The largest absolute Gasteiger partial charge is 0.497 e. The number of hydrogen-bond donors (Lipinski definition) is 2. The van der Waals surface area contributed by atoms with Gasteiger partial charge >= 0.3 is 11.8 Å². The first-order valence-corrected chi connectivity index (χ1v) is 6.93. The van der Waals surface area contributed by atoms with Crippen LogP contribution in [0.25, 0.3) is 0 Å². The van der Waals surface area contributed by atoms with Crippen LogP contribution in [-0.2, 0) is 9.59 Å². The van der Waals surface area contributed by atoms with Crippen molar-refractivity contribution in [3.8, 4) is 5.75 Å². The Labute approximate surface area is 134 Å². The summed E-state index contributed by atoms with van der Waals surface area (Å²) in [6.07, 6.45) is 1.43. The number of carbonyl (C=O) groups is 2. The molecule has 23 heavy (non-hydrogen) atoms. The van der Waals surface area contributed by atoms with E-state index in [0.717, 1.165) is 11.1 Å². The normalized spacial score (nSPS) is 10.3. The van der Waals surface area contributed by atoms with Gasteiger partial charge in [-0.05, 0) is 36.8 Å². The molecule has 0 saturated heterocycles. The molecular formula is C17H17N3O3. The van der Waals surface area contributed by atoms with Crippen molar-refractivity contribution in [2.45, 2.75) is 6.92 Å². The number of amides is 2. The number of hydrazone groups is 1. The Morgan fingerprint density at radius 1 is 1.09 bits per heavy atom. The number of rotatable bonds is 4. The lowest BCUT2D eigenvalue weighted by molar-refractivity contribution is -0.136. The van der Waals surface area contributed by atoms with Gasteiger partial charge in [0.25, 0.3) is 0 Å². The first-order valence-electron chi connectivity index (χ1n) is 6.93. The maximum absolute atomic E-state index is 11.7. The van der Waals surface area contributed by atoms with Gasteiger partial charge in [0, 0.05) is 5.69 Å². The van der Waals surface area contributed by atoms with Crippen molar-refractivity contribution in [1.29, 1.82) is 0 Å². The fraction of sp³-hybridized carbons (Fsp3) is 0.118. The van der Waals surface area contributed by atoms with E-state index in [-0.39, 0.29) is 0 Å². The van der Waals surface area contributed by atoms with Crippen LogP contribution in [0.2, 0.25) is 0 Å². The minimum atomic E-state index is -0.843. The van der Waals surface area contributed by atoms with Gasteiger partial charge in [-0.15, -0.1) is 0 Å². The van der Waals surface area contributed by atoms with E-state index in [2.05, 4.69) is 15.8 Å². The molecule has 0 spiro atoms. The van der Waals surface area contributed by atoms with Crippen LogP contribution in [0.3, 0.4) is 0 Å². The number of hydrogen-bond acceptors (Lipinski definition) is 4. The van der Waals surface area contributed by atoms with Gasteiger partial charge in [0.2, 0.25) is 0 Å². The molecule has 0 fully saturated rings. The smallest absolute Gasteiger partial charge is 0.329 e. The Kier molecular flexibility index (Phi) is 5.46. The summed E-state index contributed by atoms with van der Waals surface area (Å²) in [5, 5.41) is 6.24. The van der Waals surface area contributed by atoms with E-state index < -0.39 is 11.8 Å². The van der Waals surface area contributed by atoms with Gasteiger partial charge in [-0.3, -0.25) is 9.59 Å². The van der Waals surface area contributed by atoms with Crippen LogP contribution in [0.5, 0.6) is 5.75 Å². The van der Waals surface area contributed by atoms with E-state index in [4.69, 9.17) is 4.74 Å². The molecule has 0 radical (unpaired) electrons. The minimum Gasteiger partial charge on any atom is -0.497 e. The van der Waals surface area contributed by atoms with E-state index in [1.807, 2.05) is 19.1 Å². The number of benzene rings is 2. The van der Waals surface area contributed by atoms with Gasteiger partial charge in [0.15, 0.2) is 0 Å². The zero-order valence-corrected chi connectivity index (χ0v) is 12.9. The standard InChI is InChI=1S/C17H17N3O3/c1-12-6-8-14(9-7-12)19-16(21)17(22)20-18-11-13-4-3-5-15(10-13)23-2/h3-11H,1-2H3,(H,19,21)(H,20,22)/b18-11-. The van der Waals surface area contributed by atoms with Crippen LogP contribution < -0.4 is 15.5 Å². The summed E-state index contributed by atoms with van der Waals surface area (Å²) < 4.78 is 5.08. The maximum Gasteiger partial charge on any atom is 0.329 e. The molecule has 6 nitrogen and oxygen atoms in total. The van der Waals surface area contributed by atoms with Crippen molar-refractivity contribution in [2.75, 3.05) is 12.4 Å². The highest BCUT2D eigenvalue weighted by Gasteiger charge is 2.12. The number of carbonyl (C=O) groups excluding carboxylic acids is 2. The minimum absolute atomic E-state index is 0.549. The summed E-state index contributed by atoms with van der Waals surface area (Å²) in [6.45, 7) is 1.94. The van der Waals surface area contributed by atoms with Crippen LogP contribution in [0.4, 0.5) is 5.69 Å². The summed E-state index contributed by atoms with van der Waals surface area (Å²) in [5.41, 5.74) is 4.53. The van der Waals surface area contributed by atoms with Gasteiger partial charge in [-0.1, -0.05) is 29.8 Å². The highest BCUT2D eigenvalue weighted by atomic mass is 16.5. The Bertz CT molecular complexity index is 724. The SMILES string of the molecule is COc1cccc(/C=N\NC(=O)C(=O)Nc2ccc(C)cc2)c1. The lowest BCUT2D eigenvalue weighted by atomic mass is 10.2. The first kappa shape index (κ1) is 16.2. The molecule has 0 aliphatic carbocycles. The number of nitrogens with one attached hydrogen (secondary N) is 2. The van der Waals surface area contributed by atoms with Crippen molar-refractivity contribution >= 4 is 23.7 Å². The molecule has 2 rings (SSSR count). The second kappa shape index (κ2) is 7.74. The highest BCUT2D eigenvalue weighted by Crippen LogP contribution is 2.10. The average molecular weight is 311 g/mol. The molecule has 0 unspecified atom stereocenters. The molecular weight excluding hydrogens is 294 g/mol. The molecule has 2 amide bonds. The molecule has 0 aliphatic rings. The second-order valence-corrected chi connectivity index (χ2v) is 4.80. The lowest BCUT2D eigenvalue weighted by Crippen LogP contribution is -2.32. The highest BCUT2D eigenvalue weighted by molar-refractivity contribution is 6.39. The number of ether oxygens (including phenoxy) is 1. The van der Waals surface area contributed by atoms with Crippen molar-refractivity contribution in [3.63, 3.8) is 0 Å². The van der Waals surface area contributed by atoms with Gasteiger partial charge in [-0.2, -0.15) is 5.10 Å². The molecule has 2 aromatic rings. The summed E-state index contributed by atoms with van der Waals surface area (Å²) in [5.74, 6) is -0.946. The summed E-state index contributed by atoms with van der Waals surface area (Å²) in [6, 6.07) is 14.3. The molecule has 0 heterocycles. The summed E-state index contributed by atoms with van der Waals surface area (Å²) in [7, 11) is 1.56. The van der Waals surface area contributed by atoms with Crippen molar-refractivity contribution < 1.29 is 14.3 Å². The molecule has 0 saturated carbocycles. The Morgan fingerprint density at radius 2 is 1.83 bits per heavy atom. The Hall–Kier alpha value is -3.15. The first-order chi connectivity index (χ1) is 11.1. The van der Waals surface area contributed by atoms with Crippen LogP contribution in [0.15, 0.2) is 53.6 Å². The third kappa shape index (κ3) is 4.96. The zero-order chi connectivity index (χ0) is 16.7. The van der Waals surface area contributed by atoms with E-state index in [9.17, 15) is 9.59 Å². The van der Waals surface area contributed by atoms with Crippen LogP contribution in [0.1, 0.15) is 11.1 Å². The van der Waals surface area contributed by atoms with E-state index in [1.54, 1.807) is 43.5 Å². The fourth-order valence-electron chi connectivity index (χ4n) is 1.76. The maximum atomic E-state index is 11.7. The number of nitrogens with zero attached hydrogens (tertiary/aromatic N) is 1. The molecule has 118 valence electrons. The molecule has 6 heteroatoms. The van der Waals surface area contributed by atoms with E-state index in [0.29, 0.717) is 11.4 Å². The fourth-order valence-corrected chi connectivity index (χ4v) is 1.76. The molecule has 2 aromatic carbocycles. The van der Waals surface area contributed by atoms with Gasteiger partial charge < -0.3 is 10.1 Å².